The molecule has 0 rings (SSSR count). The maximum Gasteiger partial charge on any atom is 1.00 e. The van der Waals surface area contributed by atoms with Gasteiger partial charge in [-0.15, -0.1) is 0 Å². The maximum atomic E-state index is 8.67. The van der Waals surface area contributed by atoms with Crippen molar-refractivity contribution in [2.24, 2.45) is 0 Å². The Morgan fingerprint density at radius 3 is 1.50 bits per heavy atom. The molecule has 28 valence electrons. The molecule has 6 heavy (non-hydrogen) atoms. The van der Waals surface area contributed by atoms with E-state index in [9.17, 15) is 0 Å². The second-order valence-electron chi connectivity index (χ2n) is 0.238. The Morgan fingerprint density at radius 1 is 1.50 bits per heavy atom. The SMILES string of the molecule is [H-].[H-].[Li+].[O]=[V](=[O])[OH].[Rb+]. The molecule has 0 fully saturated rings. The van der Waals surface area contributed by atoms with Crippen LogP contribution in [0.15, 0.2) is 0 Å². The maximum absolute atomic E-state index is 8.67. The van der Waals surface area contributed by atoms with Crippen molar-refractivity contribution < 1.29 is 107 Å². The van der Waals surface area contributed by atoms with Crippen molar-refractivity contribution in [3.63, 3.8) is 0 Å². The smallest absolute Gasteiger partial charge is 1.00 e. The topological polar surface area (TPSA) is 54.4 Å². The zero-order valence-electron chi connectivity index (χ0n) is 5.71. The minimum absolute atomic E-state index is 0. The molecule has 0 saturated heterocycles. The van der Waals surface area contributed by atoms with Gasteiger partial charge in [0, 0.05) is 0 Å². The summed E-state index contributed by atoms with van der Waals surface area (Å²) in [5.41, 5.74) is 0. The molecule has 0 aliphatic carbocycles. The summed E-state index contributed by atoms with van der Waals surface area (Å²) < 4.78 is 24.4. The zero-order valence-corrected chi connectivity index (χ0v) is 10.0. The summed E-state index contributed by atoms with van der Waals surface area (Å²) in [6, 6.07) is 0. The molecule has 0 atom stereocenters. The predicted molar refractivity (Wildman–Crippen MR) is 5.82 cm³/mol. The van der Waals surface area contributed by atoms with Gasteiger partial charge in [-0.1, -0.05) is 0 Å². The molecule has 0 spiro atoms. The summed E-state index contributed by atoms with van der Waals surface area (Å²) in [4.78, 5) is 0. The van der Waals surface area contributed by atoms with Crippen LogP contribution < -0.4 is 77.0 Å². The molecular formula is H3LiO3RbV. The van der Waals surface area contributed by atoms with Crippen molar-refractivity contribution in [3.05, 3.63) is 0 Å². The van der Waals surface area contributed by atoms with Gasteiger partial charge < -0.3 is 2.85 Å². The molecule has 0 aliphatic heterocycles. The molecule has 0 aliphatic rings. The van der Waals surface area contributed by atoms with Gasteiger partial charge in [-0.05, 0) is 0 Å². The Hall–Kier alpha value is 2.55. The molecule has 3 nitrogen and oxygen atoms in total. The summed E-state index contributed by atoms with van der Waals surface area (Å²) >= 11 is -3.69. The predicted octanol–water partition coefficient (Wildman–Crippen LogP) is -6.56. The van der Waals surface area contributed by atoms with E-state index >= 15 is 0 Å². The molecule has 0 radical (unpaired) electrons. The average Bonchev–Trinajstić information content (AvgIpc) is 0.811. The van der Waals surface area contributed by atoms with Crippen LogP contribution >= 0.6 is 0 Å². The normalized spacial score (nSPS) is 4.17. The van der Waals surface area contributed by atoms with Gasteiger partial charge in [0.15, 0.2) is 0 Å². The standard InChI is InChI=1S/Li.H2O.2O.Rb.V.2H/h;1H2;;;;;;/q+1;;;;2*+1;2*-1/p-1. The summed E-state index contributed by atoms with van der Waals surface area (Å²) in [6.45, 7) is 0. The van der Waals surface area contributed by atoms with Crippen LogP contribution in [0.2, 0.25) is 0 Å². The summed E-state index contributed by atoms with van der Waals surface area (Å²) in [5, 5.41) is 0. The molecule has 0 aromatic carbocycles. The Kier molecular flexibility index (Phi) is 27.7. The second-order valence-corrected chi connectivity index (χ2v) is 0.981. The van der Waals surface area contributed by atoms with Crippen LogP contribution in [0.4, 0.5) is 0 Å². The fraction of sp³-hybridized carbons (Fsp3) is 0. The van der Waals surface area contributed by atoms with E-state index in [4.69, 9.17) is 11.4 Å². The van der Waals surface area contributed by atoms with Crippen LogP contribution in [0.25, 0.3) is 0 Å². The largest absolute Gasteiger partial charge is 1.00 e. The zero-order chi connectivity index (χ0) is 3.58. The van der Waals surface area contributed by atoms with Crippen LogP contribution in [0.5, 0.6) is 0 Å². The molecule has 0 bridgehead atoms. The molecule has 0 aromatic heterocycles. The van der Waals surface area contributed by atoms with E-state index in [0.717, 1.165) is 0 Å². The summed E-state index contributed by atoms with van der Waals surface area (Å²) in [5.74, 6) is 0. The number of hydrogen-bond donors (Lipinski definition) is 1. The van der Waals surface area contributed by atoms with Crippen molar-refractivity contribution in [1.82, 2.24) is 0 Å². The van der Waals surface area contributed by atoms with Gasteiger partial charge in [0.1, 0.15) is 0 Å². The first kappa shape index (κ1) is 15.8. The Labute approximate surface area is 104 Å². The van der Waals surface area contributed by atoms with E-state index in [1.165, 1.54) is 0 Å². The molecular weight excluding hydrogens is 191 g/mol. The van der Waals surface area contributed by atoms with Gasteiger partial charge in [-0.3, -0.25) is 0 Å². The van der Waals surface area contributed by atoms with Gasteiger partial charge in [0.2, 0.25) is 0 Å². The molecule has 0 unspecified atom stereocenters. The first-order valence-corrected chi connectivity index (χ1v) is 2.33. The molecule has 6 heteroatoms. The van der Waals surface area contributed by atoms with Gasteiger partial charge in [-0.2, -0.15) is 0 Å². The van der Waals surface area contributed by atoms with E-state index in [1.807, 2.05) is 0 Å². The molecule has 0 heterocycles. The Morgan fingerprint density at radius 2 is 1.50 bits per heavy atom. The third-order valence-electron chi connectivity index (χ3n) is 0. The van der Waals surface area contributed by atoms with Gasteiger partial charge in [-0.25, -0.2) is 0 Å². The van der Waals surface area contributed by atoms with Crippen LogP contribution in [0.3, 0.4) is 0 Å². The number of rotatable bonds is 0. The third kappa shape index (κ3) is 31.1. The van der Waals surface area contributed by atoms with Crippen LogP contribution in [-0.2, 0) is 22.7 Å². The second kappa shape index (κ2) is 10.5. The van der Waals surface area contributed by atoms with Crippen LogP contribution in [0.1, 0.15) is 2.85 Å². The van der Waals surface area contributed by atoms with Crippen molar-refractivity contribution in [2.45, 2.75) is 0 Å². The minimum atomic E-state index is -3.69. The van der Waals surface area contributed by atoms with Crippen molar-refractivity contribution >= 4 is 0 Å². The molecule has 0 amide bonds. The summed E-state index contributed by atoms with van der Waals surface area (Å²) in [6.07, 6.45) is 0. The Balaban J connectivity index is -0.00000000750. The fourth-order valence-corrected chi connectivity index (χ4v) is 0. The van der Waals surface area contributed by atoms with Crippen molar-refractivity contribution in [3.8, 4) is 0 Å². The average molecular weight is 194 g/mol. The van der Waals surface area contributed by atoms with Crippen molar-refractivity contribution in [2.75, 3.05) is 0 Å². The van der Waals surface area contributed by atoms with E-state index in [-0.39, 0.29) is 79.9 Å². The van der Waals surface area contributed by atoms with Gasteiger partial charge in [0.25, 0.3) is 0 Å². The minimum Gasteiger partial charge on any atom is 1.00 e. The fourth-order valence-electron chi connectivity index (χ4n) is 0. The van der Waals surface area contributed by atoms with E-state index in [2.05, 4.69) is 0 Å². The van der Waals surface area contributed by atoms with E-state index in [0.29, 0.717) is 0 Å². The Bertz CT molecular complexity index is 65.7. The third-order valence-corrected chi connectivity index (χ3v) is 0. The van der Waals surface area contributed by atoms with E-state index < -0.39 is 15.4 Å². The first-order chi connectivity index (χ1) is 1.73. The van der Waals surface area contributed by atoms with Crippen LogP contribution in [-0.4, -0.2) is 4.03 Å². The molecule has 0 saturated carbocycles. The van der Waals surface area contributed by atoms with Gasteiger partial charge in [0.05, 0.1) is 0 Å². The van der Waals surface area contributed by atoms with Crippen LogP contribution in [0, 0.1) is 0 Å². The molecule has 1 N–H and O–H groups in total. The summed E-state index contributed by atoms with van der Waals surface area (Å²) in [7, 11) is 0. The van der Waals surface area contributed by atoms with E-state index in [1.54, 1.807) is 0 Å². The van der Waals surface area contributed by atoms with Crippen molar-refractivity contribution in [1.29, 1.82) is 0 Å². The first-order valence-electron chi connectivity index (χ1n) is 0.565. The number of hydrogen-bond acceptors (Lipinski definition) is 2. The monoisotopic (exact) mass is 194 g/mol. The quantitative estimate of drug-likeness (QED) is 0.390. The molecule has 0 aromatic rings. The van der Waals surface area contributed by atoms with Gasteiger partial charge >= 0.3 is 104 Å².